The van der Waals surface area contributed by atoms with Gasteiger partial charge in [-0.2, -0.15) is 0 Å². The lowest BCUT2D eigenvalue weighted by atomic mass is 9.90. The van der Waals surface area contributed by atoms with E-state index in [1.807, 2.05) is 67.6 Å². The summed E-state index contributed by atoms with van der Waals surface area (Å²) in [4.78, 5) is 24.1. The fraction of sp³-hybridized carbons (Fsp3) is 0.375. The van der Waals surface area contributed by atoms with Gasteiger partial charge in [0.05, 0.1) is 0 Å². The highest BCUT2D eigenvalue weighted by atomic mass is 16.6. The average molecular weight is 487 g/mol. The lowest BCUT2D eigenvalue weighted by molar-refractivity contribution is -0.179. The molecule has 0 aliphatic carbocycles. The topological polar surface area (TPSA) is 52.6 Å². The van der Waals surface area contributed by atoms with E-state index in [9.17, 15) is 9.59 Å². The van der Waals surface area contributed by atoms with Crippen LogP contribution in [0.2, 0.25) is 0 Å². The molecule has 4 nitrogen and oxygen atoms in total. The van der Waals surface area contributed by atoms with Crippen molar-refractivity contribution >= 4 is 11.9 Å². The van der Waals surface area contributed by atoms with Crippen molar-refractivity contribution in [3.8, 4) is 0 Å². The van der Waals surface area contributed by atoms with Crippen molar-refractivity contribution in [2.24, 2.45) is 11.8 Å². The van der Waals surface area contributed by atoms with Crippen LogP contribution in [0.4, 0.5) is 0 Å². The SMILES string of the molecule is C=C[C@H]1C(=O)O[C@@H]1CCCC[C@@H](C)C/C(C)=C/C(C)=C/C(=O)OC(c1ccccc1)c1ccccc1. The molecule has 2 aromatic rings. The zero-order chi connectivity index (χ0) is 25.9. The number of esters is 2. The minimum Gasteiger partial charge on any atom is -0.461 e. The van der Waals surface area contributed by atoms with Crippen LogP contribution in [-0.4, -0.2) is 18.0 Å². The molecule has 1 aliphatic rings. The number of hydrogen-bond donors (Lipinski definition) is 0. The van der Waals surface area contributed by atoms with E-state index in [0.717, 1.165) is 48.8 Å². The fourth-order valence-corrected chi connectivity index (χ4v) is 4.77. The minimum atomic E-state index is -0.445. The Morgan fingerprint density at radius 3 is 2.17 bits per heavy atom. The summed E-state index contributed by atoms with van der Waals surface area (Å²) >= 11 is 0. The molecule has 0 aromatic heterocycles. The Morgan fingerprint density at radius 1 is 1.00 bits per heavy atom. The Balaban J connectivity index is 1.48. The zero-order valence-electron chi connectivity index (χ0n) is 21.7. The molecule has 0 spiro atoms. The van der Waals surface area contributed by atoms with Gasteiger partial charge in [-0.15, -0.1) is 6.58 Å². The van der Waals surface area contributed by atoms with Crippen LogP contribution in [0.15, 0.2) is 96.6 Å². The molecule has 0 amide bonds. The first-order valence-corrected chi connectivity index (χ1v) is 12.9. The molecule has 3 atom stereocenters. The van der Waals surface area contributed by atoms with Crippen LogP contribution >= 0.6 is 0 Å². The highest BCUT2D eigenvalue weighted by molar-refractivity contribution is 5.83. The number of unbranched alkanes of at least 4 members (excludes halogenated alkanes) is 1. The van der Waals surface area contributed by atoms with E-state index in [1.54, 1.807) is 12.2 Å². The molecule has 190 valence electrons. The average Bonchev–Trinajstić information content (AvgIpc) is 2.85. The zero-order valence-corrected chi connectivity index (χ0v) is 21.7. The molecule has 36 heavy (non-hydrogen) atoms. The number of allylic oxidation sites excluding steroid dienone is 3. The van der Waals surface area contributed by atoms with Gasteiger partial charge >= 0.3 is 11.9 Å². The first-order valence-electron chi connectivity index (χ1n) is 12.9. The van der Waals surface area contributed by atoms with Gasteiger partial charge in [0.25, 0.3) is 0 Å². The van der Waals surface area contributed by atoms with Crippen LogP contribution in [-0.2, 0) is 19.1 Å². The molecule has 3 rings (SSSR count). The number of ether oxygens (including phenoxy) is 2. The van der Waals surface area contributed by atoms with Gasteiger partial charge in [-0.3, -0.25) is 4.79 Å². The summed E-state index contributed by atoms with van der Waals surface area (Å²) in [5.41, 5.74) is 4.01. The van der Waals surface area contributed by atoms with Crippen molar-refractivity contribution in [2.75, 3.05) is 0 Å². The monoisotopic (exact) mass is 486 g/mol. The second-order valence-corrected chi connectivity index (χ2v) is 9.85. The Hall–Kier alpha value is -3.40. The molecule has 0 N–H and O–H groups in total. The second kappa shape index (κ2) is 13.6. The smallest absolute Gasteiger partial charge is 0.331 e. The third-order valence-electron chi connectivity index (χ3n) is 6.56. The molecule has 0 bridgehead atoms. The predicted octanol–water partition coefficient (Wildman–Crippen LogP) is 7.53. The molecule has 1 fully saturated rings. The maximum Gasteiger partial charge on any atom is 0.331 e. The van der Waals surface area contributed by atoms with E-state index in [0.29, 0.717) is 5.92 Å². The van der Waals surface area contributed by atoms with Crippen molar-refractivity contribution in [1.29, 1.82) is 0 Å². The van der Waals surface area contributed by atoms with Crippen LogP contribution < -0.4 is 0 Å². The van der Waals surface area contributed by atoms with Crippen LogP contribution in [0.25, 0.3) is 0 Å². The Kier molecular flexibility index (Phi) is 10.3. The largest absolute Gasteiger partial charge is 0.461 e. The normalized spacial score (nSPS) is 18.8. The lowest BCUT2D eigenvalue weighted by Gasteiger charge is -2.33. The van der Waals surface area contributed by atoms with Crippen molar-refractivity contribution in [3.63, 3.8) is 0 Å². The molecule has 0 saturated carbocycles. The minimum absolute atomic E-state index is 0.0165. The summed E-state index contributed by atoms with van der Waals surface area (Å²) in [5, 5.41) is 0. The quantitative estimate of drug-likeness (QED) is 0.0965. The second-order valence-electron chi connectivity index (χ2n) is 9.85. The van der Waals surface area contributed by atoms with Crippen molar-refractivity contribution in [1.82, 2.24) is 0 Å². The molecule has 1 aliphatic heterocycles. The Morgan fingerprint density at radius 2 is 1.61 bits per heavy atom. The number of cyclic esters (lactones) is 1. The van der Waals surface area contributed by atoms with Gasteiger partial charge < -0.3 is 9.47 Å². The van der Waals surface area contributed by atoms with E-state index in [1.165, 1.54) is 5.57 Å². The first-order chi connectivity index (χ1) is 17.4. The summed E-state index contributed by atoms with van der Waals surface area (Å²) < 4.78 is 11.1. The van der Waals surface area contributed by atoms with E-state index >= 15 is 0 Å². The molecular formula is C32H38O4. The third-order valence-corrected chi connectivity index (χ3v) is 6.56. The summed E-state index contributed by atoms with van der Waals surface area (Å²) in [5.74, 6) is -0.0747. The van der Waals surface area contributed by atoms with Gasteiger partial charge in [-0.1, -0.05) is 98.2 Å². The molecular weight excluding hydrogens is 448 g/mol. The Bertz CT molecular complexity index is 1030. The molecule has 1 saturated heterocycles. The number of rotatable bonds is 13. The maximum absolute atomic E-state index is 12.8. The van der Waals surface area contributed by atoms with Crippen LogP contribution in [0.5, 0.6) is 0 Å². The number of hydrogen-bond acceptors (Lipinski definition) is 4. The van der Waals surface area contributed by atoms with Gasteiger partial charge in [0.1, 0.15) is 12.0 Å². The van der Waals surface area contributed by atoms with E-state index in [-0.39, 0.29) is 24.0 Å². The maximum atomic E-state index is 12.8. The van der Waals surface area contributed by atoms with E-state index in [4.69, 9.17) is 9.47 Å². The standard InChI is InChI=1S/C32H38O4/c1-5-28-29(35-32(28)34)19-13-12-14-23(2)20-24(3)21-25(4)22-30(33)36-31(26-15-8-6-9-16-26)27-17-10-7-11-18-27/h5-11,15-18,21-23,28-29,31H,1,12-14,19-20H2,2-4H3/b24-21+,25-22+/t23-,28-,29-/m1/s1. The van der Waals surface area contributed by atoms with Gasteiger partial charge in [-0.05, 0) is 55.7 Å². The highest BCUT2D eigenvalue weighted by Gasteiger charge is 2.39. The summed E-state index contributed by atoms with van der Waals surface area (Å²) in [6.45, 7) is 10.0. The molecule has 0 radical (unpaired) electrons. The van der Waals surface area contributed by atoms with Gasteiger partial charge in [0.2, 0.25) is 0 Å². The fourth-order valence-electron chi connectivity index (χ4n) is 4.77. The number of carbonyl (C=O) groups is 2. The Labute approximate surface area is 215 Å². The third kappa shape index (κ3) is 8.08. The highest BCUT2D eigenvalue weighted by Crippen LogP contribution is 2.29. The lowest BCUT2D eigenvalue weighted by Crippen LogP contribution is -2.43. The van der Waals surface area contributed by atoms with Crippen LogP contribution in [0.3, 0.4) is 0 Å². The molecule has 0 unspecified atom stereocenters. The summed E-state index contributed by atoms with van der Waals surface area (Å²) in [7, 11) is 0. The van der Waals surface area contributed by atoms with Crippen molar-refractivity contribution in [3.05, 3.63) is 108 Å². The molecule has 2 aromatic carbocycles. The van der Waals surface area contributed by atoms with Crippen LogP contribution in [0.1, 0.15) is 70.1 Å². The molecule has 1 heterocycles. The van der Waals surface area contributed by atoms with Crippen LogP contribution in [0, 0.1) is 11.8 Å². The van der Waals surface area contributed by atoms with Crippen molar-refractivity contribution in [2.45, 2.75) is 65.1 Å². The summed E-state index contributed by atoms with van der Waals surface area (Å²) in [6, 6.07) is 19.6. The molecule has 4 heteroatoms. The van der Waals surface area contributed by atoms with E-state index in [2.05, 4.69) is 26.5 Å². The van der Waals surface area contributed by atoms with Gasteiger partial charge in [-0.25, -0.2) is 4.79 Å². The van der Waals surface area contributed by atoms with Gasteiger partial charge in [0, 0.05) is 6.08 Å². The first kappa shape index (κ1) is 27.2. The predicted molar refractivity (Wildman–Crippen MR) is 144 cm³/mol. The van der Waals surface area contributed by atoms with E-state index < -0.39 is 6.10 Å². The van der Waals surface area contributed by atoms with Crippen molar-refractivity contribution < 1.29 is 19.1 Å². The van der Waals surface area contributed by atoms with Gasteiger partial charge in [0.15, 0.2) is 6.10 Å². The number of benzene rings is 2. The number of carbonyl (C=O) groups excluding carboxylic acids is 2. The summed E-state index contributed by atoms with van der Waals surface area (Å²) in [6.07, 6.45) is 10.1.